The van der Waals surface area contributed by atoms with E-state index in [0.717, 1.165) is 18.5 Å². The second-order valence-electron chi connectivity index (χ2n) is 6.02. The zero-order chi connectivity index (χ0) is 16.4. The number of carbonyl (C=O) groups excluding carboxylic acids is 1. The molecule has 0 unspecified atom stereocenters. The molecule has 23 heavy (non-hydrogen) atoms. The van der Waals surface area contributed by atoms with Crippen LogP contribution in [0.5, 0.6) is 11.6 Å². The fourth-order valence-electron chi connectivity index (χ4n) is 3.30. The van der Waals surface area contributed by atoms with Gasteiger partial charge in [0.2, 0.25) is 5.88 Å². The molecule has 7 nitrogen and oxygen atoms in total. The highest BCUT2D eigenvalue weighted by atomic mass is 16.6. The lowest BCUT2D eigenvalue weighted by molar-refractivity contribution is -0.0217. The molecule has 2 aliphatic heterocycles. The van der Waals surface area contributed by atoms with Gasteiger partial charge >= 0.3 is 6.09 Å². The maximum absolute atomic E-state index is 11.8. The van der Waals surface area contributed by atoms with E-state index in [1.54, 1.807) is 18.1 Å². The van der Waals surface area contributed by atoms with Crippen molar-refractivity contribution in [1.82, 2.24) is 9.88 Å². The fourth-order valence-corrected chi connectivity index (χ4v) is 3.30. The van der Waals surface area contributed by atoms with Crippen LogP contribution in [-0.2, 0) is 4.74 Å². The van der Waals surface area contributed by atoms with Crippen LogP contribution in [0.25, 0.3) is 0 Å². The number of piperidine rings is 1. The summed E-state index contributed by atoms with van der Waals surface area (Å²) < 4.78 is 16.4. The second kappa shape index (κ2) is 6.23. The number of nitrogens with two attached hydrogens (primary N) is 1. The van der Waals surface area contributed by atoms with E-state index in [9.17, 15) is 4.79 Å². The van der Waals surface area contributed by atoms with Crippen molar-refractivity contribution >= 4 is 6.09 Å². The number of rotatable bonds is 2. The molecule has 1 saturated heterocycles. The van der Waals surface area contributed by atoms with E-state index in [-0.39, 0.29) is 17.7 Å². The third-order valence-corrected chi connectivity index (χ3v) is 4.54. The largest absolute Gasteiger partial charge is 0.485 e. The first-order chi connectivity index (χ1) is 11.1. The van der Waals surface area contributed by atoms with Gasteiger partial charge in [-0.3, -0.25) is 0 Å². The van der Waals surface area contributed by atoms with Crippen LogP contribution >= 0.6 is 0 Å². The average molecular weight is 321 g/mol. The molecular formula is C16H23N3O4. The SMILES string of the molecule is CCOC(=O)N1CCC2(CC1)C[C@H](N)c1nc(OC)ccc1O2. The van der Waals surface area contributed by atoms with Crippen LogP contribution < -0.4 is 15.2 Å². The summed E-state index contributed by atoms with van der Waals surface area (Å²) in [5.74, 6) is 1.25. The van der Waals surface area contributed by atoms with Gasteiger partial charge in [0.05, 0.1) is 19.8 Å². The van der Waals surface area contributed by atoms with E-state index < -0.39 is 0 Å². The number of carbonyl (C=O) groups is 1. The zero-order valence-corrected chi connectivity index (χ0v) is 13.6. The highest BCUT2D eigenvalue weighted by Crippen LogP contribution is 2.43. The Kier molecular flexibility index (Phi) is 4.30. The molecule has 1 spiro atoms. The van der Waals surface area contributed by atoms with Crippen LogP contribution in [0, 0.1) is 0 Å². The summed E-state index contributed by atoms with van der Waals surface area (Å²) in [6.45, 7) is 3.43. The molecule has 3 heterocycles. The topological polar surface area (TPSA) is 86.9 Å². The molecule has 7 heteroatoms. The Morgan fingerprint density at radius 3 is 2.87 bits per heavy atom. The Morgan fingerprint density at radius 2 is 2.22 bits per heavy atom. The second-order valence-corrected chi connectivity index (χ2v) is 6.02. The number of pyridine rings is 1. The standard InChI is InChI=1S/C16H23N3O4/c1-3-22-15(20)19-8-6-16(7-9-19)10-11(17)14-12(23-16)4-5-13(18-14)21-2/h4-5,11H,3,6-10,17H2,1-2H3/t11-/m0/s1. The van der Waals surface area contributed by atoms with Crippen LogP contribution in [0.2, 0.25) is 0 Å². The molecule has 1 aromatic rings. The molecule has 1 fully saturated rings. The van der Waals surface area contributed by atoms with Crippen molar-refractivity contribution in [2.24, 2.45) is 5.73 Å². The number of fused-ring (bicyclic) bond motifs is 1. The van der Waals surface area contributed by atoms with Gasteiger partial charge in [0.25, 0.3) is 0 Å². The first kappa shape index (κ1) is 15.9. The Labute approximate surface area is 135 Å². The van der Waals surface area contributed by atoms with E-state index in [0.29, 0.717) is 37.7 Å². The summed E-state index contributed by atoms with van der Waals surface area (Å²) >= 11 is 0. The summed E-state index contributed by atoms with van der Waals surface area (Å²) in [5, 5.41) is 0. The number of aromatic nitrogens is 1. The van der Waals surface area contributed by atoms with Crippen molar-refractivity contribution in [2.75, 3.05) is 26.8 Å². The van der Waals surface area contributed by atoms with Crippen molar-refractivity contribution in [3.63, 3.8) is 0 Å². The molecule has 1 aromatic heterocycles. The maximum Gasteiger partial charge on any atom is 0.409 e. The summed E-state index contributed by atoms with van der Waals surface area (Å²) in [5.41, 5.74) is 6.73. The molecule has 3 rings (SSSR count). The molecule has 2 N–H and O–H groups in total. The summed E-state index contributed by atoms with van der Waals surface area (Å²) in [6.07, 6.45) is 1.92. The van der Waals surface area contributed by atoms with E-state index in [1.165, 1.54) is 0 Å². The Hall–Kier alpha value is -2.02. The molecule has 0 radical (unpaired) electrons. The minimum absolute atomic E-state index is 0.192. The average Bonchev–Trinajstić information content (AvgIpc) is 2.55. The molecule has 0 aromatic carbocycles. The lowest BCUT2D eigenvalue weighted by Crippen LogP contribution is -2.52. The van der Waals surface area contributed by atoms with Gasteiger partial charge in [0.1, 0.15) is 17.0 Å². The summed E-state index contributed by atoms with van der Waals surface area (Å²) in [7, 11) is 1.58. The minimum atomic E-state index is -0.328. The molecule has 1 amide bonds. The third-order valence-electron chi connectivity index (χ3n) is 4.54. The molecule has 1 atom stereocenters. The monoisotopic (exact) mass is 321 g/mol. The number of ether oxygens (including phenoxy) is 3. The number of hydrogen-bond donors (Lipinski definition) is 1. The molecular weight excluding hydrogens is 298 g/mol. The zero-order valence-electron chi connectivity index (χ0n) is 13.6. The molecule has 0 bridgehead atoms. The molecule has 2 aliphatic rings. The van der Waals surface area contributed by atoms with Crippen LogP contribution in [-0.4, -0.2) is 48.4 Å². The van der Waals surface area contributed by atoms with Gasteiger partial charge in [0, 0.05) is 38.4 Å². The van der Waals surface area contributed by atoms with Gasteiger partial charge in [-0.05, 0) is 13.0 Å². The summed E-state index contributed by atoms with van der Waals surface area (Å²) in [4.78, 5) is 17.9. The van der Waals surface area contributed by atoms with E-state index >= 15 is 0 Å². The number of nitrogens with zero attached hydrogens (tertiary/aromatic N) is 2. The third kappa shape index (κ3) is 3.06. The smallest absolute Gasteiger partial charge is 0.409 e. The van der Waals surface area contributed by atoms with Gasteiger partial charge in [0.15, 0.2) is 0 Å². The van der Waals surface area contributed by atoms with Gasteiger partial charge in [-0.25, -0.2) is 9.78 Å². The van der Waals surface area contributed by atoms with Crippen molar-refractivity contribution in [3.8, 4) is 11.6 Å². The maximum atomic E-state index is 11.8. The van der Waals surface area contributed by atoms with Crippen molar-refractivity contribution in [1.29, 1.82) is 0 Å². The first-order valence-electron chi connectivity index (χ1n) is 7.98. The molecule has 0 aliphatic carbocycles. The van der Waals surface area contributed by atoms with Gasteiger partial charge in [-0.1, -0.05) is 0 Å². The van der Waals surface area contributed by atoms with Gasteiger partial charge < -0.3 is 24.8 Å². The Morgan fingerprint density at radius 1 is 1.48 bits per heavy atom. The van der Waals surface area contributed by atoms with E-state index in [2.05, 4.69) is 4.98 Å². The number of hydrogen-bond acceptors (Lipinski definition) is 6. The van der Waals surface area contributed by atoms with Crippen molar-refractivity contribution in [3.05, 3.63) is 17.8 Å². The normalized spacial score (nSPS) is 22.2. The highest BCUT2D eigenvalue weighted by Gasteiger charge is 2.44. The number of likely N-dealkylation sites (tertiary alicyclic amines) is 1. The van der Waals surface area contributed by atoms with Gasteiger partial charge in [-0.2, -0.15) is 0 Å². The predicted molar refractivity (Wildman–Crippen MR) is 83.5 cm³/mol. The minimum Gasteiger partial charge on any atom is -0.485 e. The van der Waals surface area contributed by atoms with E-state index in [1.807, 2.05) is 13.0 Å². The molecule has 126 valence electrons. The fraction of sp³-hybridized carbons (Fsp3) is 0.625. The van der Waals surface area contributed by atoms with Crippen LogP contribution in [0.1, 0.15) is 37.9 Å². The first-order valence-corrected chi connectivity index (χ1v) is 7.98. The summed E-state index contributed by atoms with van der Waals surface area (Å²) in [6, 6.07) is 3.45. The van der Waals surface area contributed by atoms with Crippen molar-refractivity contribution in [2.45, 2.75) is 37.8 Å². The lowest BCUT2D eigenvalue weighted by Gasteiger charge is -2.45. The number of methoxy groups -OCH3 is 1. The van der Waals surface area contributed by atoms with Crippen LogP contribution in [0.3, 0.4) is 0 Å². The van der Waals surface area contributed by atoms with Gasteiger partial charge in [-0.15, -0.1) is 0 Å². The predicted octanol–water partition coefficient (Wildman–Crippen LogP) is 1.86. The lowest BCUT2D eigenvalue weighted by atomic mass is 9.82. The van der Waals surface area contributed by atoms with Crippen LogP contribution in [0.15, 0.2) is 12.1 Å². The Balaban J connectivity index is 1.72. The number of amides is 1. The van der Waals surface area contributed by atoms with E-state index in [4.69, 9.17) is 19.9 Å². The quantitative estimate of drug-likeness (QED) is 0.894. The van der Waals surface area contributed by atoms with Crippen LogP contribution in [0.4, 0.5) is 4.79 Å². The molecule has 0 saturated carbocycles. The van der Waals surface area contributed by atoms with Crippen molar-refractivity contribution < 1.29 is 19.0 Å². The Bertz CT molecular complexity index is 585. The highest BCUT2D eigenvalue weighted by molar-refractivity contribution is 5.67.